The van der Waals surface area contributed by atoms with Crippen molar-refractivity contribution in [2.45, 2.75) is 37.9 Å². The van der Waals surface area contributed by atoms with E-state index in [9.17, 15) is 14.0 Å². The Balaban J connectivity index is 1.92. The second kappa shape index (κ2) is 8.56. The van der Waals surface area contributed by atoms with Crippen LogP contribution < -0.4 is 0 Å². The Morgan fingerprint density at radius 2 is 1.93 bits per heavy atom. The molecule has 1 aliphatic heterocycles. The molecule has 2 heterocycles. The third kappa shape index (κ3) is 3.72. The van der Waals surface area contributed by atoms with E-state index >= 15 is 0 Å². The first-order chi connectivity index (χ1) is 14.5. The molecule has 1 aliphatic rings. The lowest BCUT2D eigenvalue weighted by molar-refractivity contribution is -0.111. The molecule has 0 bridgehead atoms. The highest BCUT2D eigenvalue weighted by atomic mass is 32.2. The van der Waals surface area contributed by atoms with Crippen LogP contribution in [0.5, 0.6) is 0 Å². The maximum absolute atomic E-state index is 13.5. The van der Waals surface area contributed by atoms with E-state index < -0.39 is 11.7 Å². The van der Waals surface area contributed by atoms with Gasteiger partial charge in [-0.2, -0.15) is 0 Å². The topological polar surface area (TPSA) is 51.4 Å². The van der Waals surface area contributed by atoms with Gasteiger partial charge in [-0.15, -0.1) is 0 Å². The summed E-state index contributed by atoms with van der Waals surface area (Å²) in [7, 11) is 0. The molecule has 0 aliphatic carbocycles. The summed E-state index contributed by atoms with van der Waals surface area (Å²) in [5.74, 6) is -1.26. The summed E-state index contributed by atoms with van der Waals surface area (Å²) in [4.78, 5) is 31.2. The number of carbonyl (C=O) groups excluding carboxylic acids is 2. The molecular weight excluding hydrogens is 399 g/mol. The minimum absolute atomic E-state index is 0.00721. The van der Waals surface area contributed by atoms with Crippen molar-refractivity contribution < 1.29 is 14.0 Å². The van der Waals surface area contributed by atoms with Gasteiger partial charge in [0.05, 0.1) is 5.52 Å². The van der Waals surface area contributed by atoms with Crippen molar-refractivity contribution in [1.82, 2.24) is 4.57 Å². The molecule has 0 saturated carbocycles. The van der Waals surface area contributed by atoms with E-state index in [4.69, 9.17) is 0 Å². The predicted octanol–water partition coefficient (Wildman–Crippen LogP) is 5.24. The normalized spacial score (nSPS) is 16.8. The number of hydrogen-bond acceptors (Lipinski definition) is 4. The minimum atomic E-state index is -0.599. The maximum atomic E-state index is 13.5. The van der Waals surface area contributed by atoms with Gasteiger partial charge in [0.25, 0.3) is 5.91 Å². The number of halogens is 1. The molecule has 3 aromatic rings. The van der Waals surface area contributed by atoms with Crippen LogP contribution >= 0.6 is 11.8 Å². The highest BCUT2D eigenvalue weighted by Gasteiger charge is 2.32. The zero-order chi connectivity index (χ0) is 21.3. The van der Waals surface area contributed by atoms with Gasteiger partial charge in [-0.25, -0.2) is 4.39 Å². The van der Waals surface area contributed by atoms with Crippen LogP contribution in [-0.2, 0) is 11.2 Å². The predicted molar refractivity (Wildman–Crippen MR) is 120 cm³/mol. The number of aromatic nitrogens is 1. The van der Waals surface area contributed by atoms with Crippen LogP contribution in [0.1, 0.15) is 47.8 Å². The van der Waals surface area contributed by atoms with Crippen LogP contribution in [0.2, 0.25) is 0 Å². The van der Waals surface area contributed by atoms with Gasteiger partial charge in [-0.05, 0) is 48.7 Å². The van der Waals surface area contributed by atoms with Crippen LogP contribution in [0.25, 0.3) is 10.9 Å². The smallest absolute Gasteiger partial charge is 0.262 e. The monoisotopic (exact) mass is 422 g/mol. The van der Waals surface area contributed by atoms with Crippen molar-refractivity contribution in [2.75, 3.05) is 6.54 Å². The zero-order valence-electron chi connectivity index (χ0n) is 17.0. The summed E-state index contributed by atoms with van der Waals surface area (Å²) >= 11 is 1.30. The number of fused-ring (bicyclic) bond motifs is 3. The van der Waals surface area contributed by atoms with E-state index in [0.29, 0.717) is 24.2 Å². The Morgan fingerprint density at radius 1 is 1.20 bits per heavy atom. The lowest BCUT2D eigenvalue weighted by Crippen LogP contribution is -2.22. The second-order valence-electron chi connectivity index (χ2n) is 7.47. The van der Waals surface area contributed by atoms with E-state index in [-0.39, 0.29) is 16.3 Å². The molecule has 0 saturated heterocycles. The lowest BCUT2D eigenvalue weighted by atomic mass is 10.0. The van der Waals surface area contributed by atoms with Crippen molar-refractivity contribution in [3.63, 3.8) is 0 Å². The largest absolute Gasteiger partial charge is 0.296 e. The summed E-state index contributed by atoms with van der Waals surface area (Å²) in [6.07, 6.45) is 3.23. The lowest BCUT2D eigenvalue weighted by Gasteiger charge is -2.17. The van der Waals surface area contributed by atoms with Gasteiger partial charge in [0.15, 0.2) is 0 Å². The molecule has 0 fully saturated rings. The Bertz CT molecular complexity index is 1130. The van der Waals surface area contributed by atoms with Crippen LogP contribution in [-0.4, -0.2) is 33.6 Å². The molecule has 2 unspecified atom stereocenters. The van der Waals surface area contributed by atoms with Gasteiger partial charge < -0.3 is 0 Å². The third-order valence-electron chi connectivity index (χ3n) is 5.50. The molecule has 2 aromatic carbocycles. The van der Waals surface area contributed by atoms with Gasteiger partial charge in [0.2, 0.25) is 5.12 Å². The second-order valence-corrected chi connectivity index (χ2v) is 8.91. The molecule has 2 atom stereocenters. The fraction of sp³-hybridized carbons (Fsp3) is 0.292. The minimum Gasteiger partial charge on any atom is -0.296 e. The molecule has 30 heavy (non-hydrogen) atoms. The molecule has 1 aromatic heterocycles. The standard InChI is InChI=1S/C24H23FN2O2S/c1-3-15(2)30-24(29)20-14-26-13-12-19-18-6-4-5-7-21(18)27(22(19)20)23(28)16-8-10-17(25)11-9-16/h4-11,14-15,20H,3,12-13H2,1-2H3. The number of hydrogen-bond donors (Lipinski definition) is 0. The highest BCUT2D eigenvalue weighted by molar-refractivity contribution is 8.14. The SMILES string of the molecule is CCC(C)SC(=O)C1C=NCCc2c1n(C(=O)c1ccc(F)cc1)c1ccccc21. The highest BCUT2D eigenvalue weighted by Crippen LogP contribution is 2.36. The number of rotatable bonds is 4. The van der Waals surface area contributed by atoms with Crippen molar-refractivity contribution in [3.05, 3.63) is 71.2 Å². The average Bonchev–Trinajstić information content (AvgIpc) is 2.91. The molecule has 0 radical (unpaired) electrons. The Hall–Kier alpha value is -2.73. The molecule has 0 amide bonds. The molecule has 0 spiro atoms. The van der Waals surface area contributed by atoms with E-state index in [2.05, 4.69) is 4.99 Å². The molecule has 4 rings (SSSR count). The van der Waals surface area contributed by atoms with Gasteiger partial charge >= 0.3 is 0 Å². The van der Waals surface area contributed by atoms with Crippen molar-refractivity contribution >= 4 is 39.9 Å². The van der Waals surface area contributed by atoms with Gasteiger partial charge in [0, 0.05) is 34.7 Å². The Morgan fingerprint density at radius 3 is 2.67 bits per heavy atom. The fourth-order valence-corrected chi connectivity index (χ4v) is 4.69. The molecule has 4 nitrogen and oxygen atoms in total. The number of aliphatic imine (C=N–C) groups is 1. The first-order valence-electron chi connectivity index (χ1n) is 10.1. The van der Waals surface area contributed by atoms with Crippen molar-refractivity contribution in [1.29, 1.82) is 0 Å². The number of benzene rings is 2. The number of nitrogens with zero attached hydrogens (tertiary/aromatic N) is 2. The molecular formula is C24H23FN2O2S. The van der Waals surface area contributed by atoms with Crippen LogP contribution in [0.3, 0.4) is 0 Å². The zero-order valence-corrected chi connectivity index (χ0v) is 17.8. The average molecular weight is 423 g/mol. The fourth-order valence-electron chi connectivity index (χ4n) is 3.81. The number of para-hydroxylation sites is 1. The van der Waals surface area contributed by atoms with Crippen LogP contribution in [0, 0.1) is 5.82 Å². The molecule has 0 N–H and O–H groups in total. The first kappa shape index (κ1) is 20.5. The summed E-state index contributed by atoms with van der Waals surface area (Å²) in [5.41, 5.74) is 2.81. The van der Waals surface area contributed by atoms with Crippen LogP contribution in [0.15, 0.2) is 53.5 Å². The summed E-state index contributed by atoms with van der Waals surface area (Å²) in [6, 6.07) is 13.2. The van der Waals surface area contributed by atoms with Gasteiger partial charge in [0.1, 0.15) is 11.7 Å². The Labute approximate surface area is 179 Å². The van der Waals surface area contributed by atoms with E-state index in [1.54, 1.807) is 10.8 Å². The summed E-state index contributed by atoms with van der Waals surface area (Å²) in [5, 5.41) is 1.13. The van der Waals surface area contributed by atoms with Crippen molar-refractivity contribution in [3.8, 4) is 0 Å². The molecule has 6 heteroatoms. The van der Waals surface area contributed by atoms with Gasteiger partial charge in [-0.1, -0.05) is 43.8 Å². The van der Waals surface area contributed by atoms with Crippen LogP contribution in [0.4, 0.5) is 4.39 Å². The quantitative estimate of drug-likeness (QED) is 0.578. The third-order valence-corrected chi connectivity index (χ3v) is 6.72. The summed E-state index contributed by atoms with van der Waals surface area (Å²) in [6.45, 7) is 4.65. The van der Waals surface area contributed by atoms with Gasteiger partial charge in [-0.3, -0.25) is 19.1 Å². The maximum Gasteiger partial charge on any atom is 0.262 e. The number of carbonyl (C=O) groups is 2. The van der Waals surface area contributed by atoms with E-state index in [1.165, 1.54) is 36.0 Å². The van der Waals surface area contributed by atoms with E-state index in [0.717, 1.165) is 22.9 Å². The van der Waals surface area contributed by atoms with E-state index in [1.807, 2.05) is 38.1 Å². The summed E-state index contributed by atoms with van der Waals surface area (Å²) < 4.78 is 15.0. The molecule has 154 valence electrons. The van der Waals surface area contributed by atoms with Crippen molar-refractivity contribution in [2.24, 2.45) is 4.99 Å². The Kier molecular flexibility index (Phi) is 5.86. The number of thioether (sulfide) groups is 1. The first-order valence-corrected chi connectivity index (χ1v) is 11.0.